The van der Waals surface area contributed by atoms with Crippen molar-refractivity contribution in [3.8, 4) is 0 Å². The van der Waals surface area contributed by atoms with Crippen LogP contribution >= 0.6 is 11.6 Å². The molecule has 0 fully saturated rings. The van der Waals surface area contributed by atoms with Crippen molar-refractivity contribution in [2.75, 3.05) is 4.72 Å². The molecule has 0 aliphatic carbocycles. The third-order valence-corrected chi connectivity index (χ3v) is 4.44. The minimum absolute atomic E-state index is 0.150. The molecule has 4 nitrogen and oxygen atoms in total. The van der Waals surface area contributed by atoms with Crippen LogP contribution in [-0.2, 0) is 10.0 Å². The average Bonchev–Trinajstić information content (AvgIpc) is 2.39. The standard InChI is InChI=1S/C14H15ClN2O2S/c1-10(2)11-3-8-14(16-9-11)17-20(18,19)13-6-4-12(15)5-7-13/h3-10H,1-2H3,(H,16,17). The van der Waals surface area contributed by atoms with Gasteiger partial charge in [0.25, 0.3) is 10.0 Å². The molecular weight excluding hydrogens is 296 g/mol. The van der Waals surface area contributed by atoms with Gasteiger partial charge in [-0.1, -0.05) is 31.5 Å². The number of pyridine rings is 1. The first-order chi connectivity index (χ1) is 9.38. The lowest BCUT2D eigenvalue weighted by Crippen LogP contribution is -2.13. The molecule has 0 spiro atoms. The van der Waals surface area contributed by atoms with Crippen molar-refractivity contribution in [2.45, 2.75) is 24.7 Å². The van der Waals surface area contributed by atoms with Gasteiger partial charge < -0.3 is 0 Å². The minimum Gasteiger partial charge on any atom is -0.263 e. The van der Waals surface area contributed by atoms with Gasteiger partial charge in [0.2, 0.25) is 0 Å². The summed E-state index contributed by atoms with van der Waals surface area (Å²) in [5.41, 5.74) is 1.06. The van der Waals surface area contributed by atoms with Gasteiger partial charge in [0.15, 0.2) is 0 Å². The summed E-state index contributed by atoms with van der Waals surface area (Å²) in [6.07, 6.45) is 1.67. The second kappa shape index (κ2) is 5.81. The highest BCUT2D eigenvalue weighted by Gasteiger charge is 2.14. The molecular formula is C14H15ClN2O2S. The van der Waals surface area contributed by atoms with Gasteiger partial charge >= 0.3 is 0 Å². The highest BCUT2D eigenvalue weighted by molar-refractivity contribution is 7.92. The highest BCUT2D eigenvalue weighted by atomic mass is 35.5. The third kappa shape index (κ3) is 3.49. The van der Waals surface area contributed by atoms with Crippen LogP contribution in [0.15, 0.2) is 47.5 Å². The third-order valence-electron chi connectivity index (χ3n) is 2.82. The molecule has 1 aromatic carbocycles. The van der Waals surface area contributed by atoms with Crippen LogP contribution in [0.2, 0.25) is 5.02 Å². The summed E-state index contributed by atoms with van der Waals surface area (Å²) in [6.45, 7) is 4.10. The van der Waals surface area contributed by atoms with Crippen LogP contribution in [0, 0.1) is 0 Å². The number of hydrogen-bond acceptors (Lipinski definition) is 3. The fraction of sp³-hybridized carbons (Fsp3) is 0.214. The first-order valence-corrected chi connectivity index (χ1v) is 7.99. The monoisotopic (exact) mass is 310 g/mol. The van der Waals surface area contributed by atoms with E-state index in [9.17, 15) is 8.42 Å². The minimum atomic E-state index is -3.63. The van der Waals surface area contributed by atoms with Gasteiger partial charge in [0, 0.05) is 11.2 Å². The Morgan fingerprint density at radius 3 is 2.25 bits per heavy atom. The van der Waals surface area contributed by atoms with E-state index in [2.05, 4.69) is 23.6 Å². The van der Waals surface area contributed by atoms with Crippen molar-refractivity contribution in [3.63, 3.8) is 0 Å². The number of benzene rings is 1. The van der Waals surface area contributed by atoms with E-state index >= 15 is 0 Å². The molecule has 0 saturated heterocycles. The molecule has 0 atom stereocenters. The van der Waals surface area contributed by atoms with Crippen molar-refractivity contribution in [2.24, 2.45) is 0 Å². The molecule has 0 aliphatic rings. The topological polar surface area (TPSA) is 59.1 Å². The Kier molecular flexibility index (Phi) is 4.30. The smallest absolute Gasteiger partial charge is 0.263 e. The largest absolute Gasteiger partial charge is 0.263 e. The first kappa shape index (κ1) is 14.8. The lowest BCUT2D eigenvalue weighted by atomic mass is 10.1. The molecule has 0 aliphatic heterocycles. The SMILES string of the molecule is CC(C)c1ccc(NS(=O)(=O)c2ccc(Cl)cc2)nc1. The number of sulfonamides is 1. The molecule has 0 saturated carbocycles. The van der Waals surface area contributed by atoms with E-state index in [-0.39, 0.29) is 4.90 Å². The number of halogens is 1. The number of rotatable bonds is 4. The summed E-state index contributed by atoms with van der Waals surface area (Å²) >= 11 is 5.74. The van der Waals surface area contributed by atoms with E-state index in [1.54, 1.807) is 12.3 Å². The van der Waals surface area contributed by atoms with Crippen LogP contribution in [0.4, 0.5) is 5.82 Å². The van der Waals surface area contributed by atoms with Crippen molar-refractivity contribution >= 4 is 27.4 Å². The van der Waals surface area contributed by atoms with E-state index in [1.165, 1.54) is 24.3 Å². The molecule has 1 aromatic heterocycles. The predicted molar refractivity (Wildman–Crippen MR) is 80.6 cm³/mol. The quantitative estimate of drug-likeness (QED) is 0.937. The Balaban J connectivity index is 2.22. The maximum absolute atomic E-state index is 12.1. The molecule has 1 heterocycles. The number of nitrogens with zero attached hydrogens (tertiary/aromatic N) is 1. The van der Waals surface area contributed by atoms with Crippen molar-refractivity contribution < 1.29 is 8.42 Å². The van der Waals surface area contributed by atoms with E-state index < -0.39 is 10.0 Å². The van der Waals surface area contributed by atoms with Gasteiger partial charge in [0.1, 0.15) is 5.82 Å². The Labute approximate surface area is 123 Å². The fourth-order valence-electron chi connectivity index (χ4n) is 1.62. The van der Waals surface area contributed by atoms with Gasteiger partial charge in [-0.25, -0.2) is 13.4 Å². The molecule has 6 heteroatoms. The molecule has 0 amide bonds. The number of anilines is 1. The van der Waals surface area contributed by atoms with Crippen molar-refractivity contribution in [3.05, 3.63) is 53.2 Å². The second-order valence-corrected chi connectivity index (χ2v) is 6.81. The van der Waals surface area contributed by atoms with Gasteiger partial charge in [-0.3, -0.25) is 4.72 Å². The van der Waals surface area contributed by atoms with E-state index in [1.807, 2.05) is 6.07 Å². The molecule has 0 radical (unpaired) electrons. The molecule has 106 valence electrons. The summed E-state index contributed by atoms with van der Waals surface area (Å²) < 4.78 is 26.7. The average molecular weight is 311 g/mol. The fourth-order valence-corrected chi connectivity index (χ4v) is 2.75. The van der Waals surface area contributed by atoms with E-state index in [0.29, 0.717) is 16.8 Å². The second-order valence-electron chi connectivity index (χ2n) is 4.69. The van der Waals surface area contributed by atoms with Gasteiger partial charge in [-0.05, 0) is 41.8 Å². The number of aromatic nitrogens is 1. The summed E-state index contributed by atoms with van der Waals surface area (Å²) in [4.78, 5) is 4.26. The summed E-state index contributed by atoms with van der Waals surface area (Å²) in [7, 11) is -3.63. The van der Waals surface area contributed by atoms with E-state index in [4.69, 9.17) is 11.6 Å². The van der Waals surface area contributed by atoms with Crippen LogP contribution in [0.25, 0.3) is 0 Å². The summed E-state index contributed by atoms with van der Waals surface area (Å²) in [6, 6.07) is 9.48. The highest BCUT2D eigenvalue weighted by Crippen LogP contribution is 2.19. The van der Waals surface area contributed by atoms with Crippen LogP contribution < -0.4 is 4.72 Å². The Hall–Kier alpha value is -1.59. The number of hydrogen-bond donors (Lipinski definition) is 1. The molecule has 20 heavy (non-hydrogen) atoms. The van der Waals surface area contributed by atoms with Gasteiger partial charge in [0.05, 0.1) is 4.90 Å². The van der Waals surface area contributed by atoms with Crippen LogP contribution in [0.3, 0.4) is 0 Å². The van der Waals surface area contributed by atoms with Crippen molar-refractivity contribution in [1.29, 1.82) is 0 Å². The molecule has 1 N–H and O–H groups in total. The Bertz CT molecular complexity index is 680. The zero-order valence-corrected chi connectivity index (χ0v) is 12.7. The maximum Gasteiger partial charge on any atom is 0.263 e. The molecule has 0 bridgehead atoms. The van der Waals surface area contributed by atoms with Crippen molar-refractivity contribution in [1.82, 2.24) is 4.98 Å². The van der Waals surface area contributed by atoms with Crippen LogP contribution in [-0.4, -0.2) is 13.4 Å². The first-order valence-electron chi connectivity index (χ1n) is 6.13. The van der Waals surface area contributed by atoms with E-state index in [0.717, 1.165) is 5.56 Å². The summed E-state index contributed by atoms with van der Waals surface area (Å²) in [5.74, 6) is 0.647. The Morgan fingerprint density at radius 1 is 1.10 bits per heavy atom. The molecule has 2 aromatic rings. The molecule has 0 unspecified atom stereocenters. The zero-order chi connectivity index (χ0) is 14.8. The van der Waals surface area contributed by atoms with Crippen LogP contribution in [0.1, 0.15) is 25.3 Å². The zero-order valence-electron chi connectivity index (χ0n) is 11.2. The Morgan fingerprint density at radius 2 is 1.75 bits per heavy atom. The lowest BCUT2D eigenvalue weighted by Gasteiger charge is -2.09. The van der Waals surface area contributed by atoms with Gasteiger partial charge in [-0.15, -0.1) is 0 Å². The van der Waals surface area contributed by atoms with Gasteiger partial charge in [-0.2, -0.15) is 0 Å². The maximum atomic E-state index is 12.1. The number of nitrogens with one attached hydrogen (secondary N) is 1. The molecule has 2 rings (SSSR count). The van der Waals surface area contributed by atoms with Crippen LogP contribution in [0.5, 0.6) is 0 Å². The predicted octanol–water partition coefficient (Wildman–Crippen LogP) is 3.66. The summed E-state index contributed by atoms with van der Waals surface area (Å²) in [5, 5.41) is 0.489. The lowest BCUT2D eigenvalue weighted by molar-refractivity contribution is 0.601. The normalized spacial score (nSPS) is 11.6.